The molecular formula is C21H22N2O3. The van der Waals surface area contributed by atoms with E-state index in [-0.39, 0.29) is 0 Å². The molecule has 1 amide bonds. The molecule has 0 bridgehead atoms. The van der Waals surface area contributed by atoms with Gasteiger partial charge in [0.25, 0.3) is 0 Å². The van der Waals surface area contributed by atoms with Gasteiger partial charge in [0.2, 0.25) is 0 Å². The second kappa shape index (κ2) is 7.44. The highest BCUT2D eigenvalue weighted by atomic mass is 16.6. The van der Waals surface area contributed by atoms with E-state index in [1.807, 2.05) is 69.3 Å². The minimum absolute atomic E-state index is 0.450. The summed E-state index contributed by atoms with van der Waals surface area (Å²) in [6, 6.07) is 15.3. The summed E-state index contributed by atoms with van der Waals surface area (Å²) in [5, 5.41) is 4.64. The summed E-state index contributed by atoms with van der Waals surface area (Å²) in [4.78, 5) is 16.1. The Kier molecular flexibility index (Phi) is 5.07. The molecule has 0 aliphatic rings. The van der Waals surface area contributed by atoms with E-state index in [9.17, 15) is 4.79 Å². The van der Waals surface area contributed by atoms with Crippen LogP contribution in [0.3, 0.4) is 0 Å². The van der Waals surface area contributed by atoms with Crippen molar-refractivity contribution in [3.63, 3.8) is 0 Å². The maximum absolute atomic E-state index is 12.1. The second-order valence-electron chi connectivity index (χ2n) is 6.93. The number of carbonyl (C=O) groups is 1. The third-order valence-corrected chi connectivity index (χ3v) is 3.66. The number of pyridine rings is 1. The molecule has 0 saturated heterocycles. The van der Waals surface area contributed by atoms with Crippen molar-refractivity contribution >= 4 is 22.6 Å². The van der Waals surface area contributed by atoms with Crippen molar-refractivity contribution in [2.24, 2.45) is 0 Å². The molecule has 1 heterocycles. The van der Waals surface area contributed by atoms with Crippen LogP contribution in [0.5, 0.6) is 5.75 Å². The Morgan fingerprint density at radius 1 is 1.00 bits per heavy atom. The number of ether oxygens (including phenoxy) is 2. The molecule has 26 heavy (non-hydrogen) atoms. The zero-order chi connectivity index (χ0) is 18.6. The van der Waals surface area contributed by atoms with E-state index in [0.29, 0.717) is 12.3 Å². The largest absolute Gasteiger partial charge is 0.488 e. The van der Waals surface area contributed by atoms with Crippen LogP contribution in [-0.4, -0.2) is 16.7 Å². The minimum atomic E-state index is -0.548. The average Bonchev–Trinajstić information content (AvgIpc) is 2.60. The first-order valence-corrected chi connectivity index (χ1v) is 8.46. The molecule has 0 aliphatic heterocycles. The fraction of sp³-hybridized carbons (Fsp3) is 0.238. The van der Waals surface area contributed by atoms with Crippen LogP contribution in [0.15, 0.2) is 60.9 Å². The molecule has 5 heteroatoms. The fourth-order valence-electron chi connectivity index (χ4n) is 2.56. The van der Waals surface area contributed by atoms with Gasteiger partial charge >= 0.3 is 6.09 Å². The van der Waals surface area contributed by atoms with Crippen molar-refractivity contribution in [1.82, 2.24) is 4.98 Å². The molecule has 1 aromatic heterocycles. The molecule has 0 aliphatic carbocycles. The van der Waals surface area contributed by atoms with Gasteiger partial charge in [-0.2, -0.15) is 0 Å². The summed E-state index contributed by atoms with van der Waals surface area (Å²) >= 11 is 0. The summed E-state index contributed by atoms with van der Waals surface area (Å²) < 4.78 is 11.3. The van der Waals surface area contributed by atoms with E-state index in [4.69, 9.17) is 9.47 Å². The van der Waals surface area contributed by atoms with E-state index < -0.39 is 11.7 Å². The number of amides is 1. The molecule has 2 aromatic carbocycles. The van der Waals surface area contributed by atoms with E-state index in [1.165, 1.54) is 0 Å². The summed E-state index contributed by atoms with van der Waals surface area (Å²) in [5.41, 5.74) is 1.18. The van der Waals surface area contributed by atoms with Gasteiger partial charge < -0.3 is 9.47 Å². The number of aromatic nitrogens is 1. The maximum atomic E-state index is 12.1. The van der Waals surface area contributed by atoms with Crippen LogP contribution in [0, 0.1) is 0 Å². The lowest BCUT2D eigenvalue weighted by atomic mass is 10.1. The molecule has 0 fully saturated rings. The van der Waals surface area contributed by atoms with Gasteiger partial charge in [0.1, 0.15) is 18.0 Å². The monoisotopic (exact) mass is 350 g/mol. The number of rotatable bonds is 4. The average molecular weight is 350 g/mol. The van der Waals surface area contributed by atoms with Gasteiger partial charge in [0, 0.05) is 23.2 Å². The number of fused-ring (bicyclic) bond motifs is 1. The normalized spacial score (nSPS) is 11.2. The zero-order valence-corrected chi connectivity index (χ0v) is 15.2. The van der Waals surface area contributed by atoms with Gasteiger partial charge in [-0.05, 0) is 50.6 Å². The van der Waals surface area contributed by atoms with Crippen LogP contribution in [0.25, 0.3) is 10.8 Å². The zero-order valence-electron chi connectivity index (χ0n) is 15.2. The van der Waals surface area contributed by atoms with E-state index in [1.54, 1.807) is 12.4 Å². The first kappa shape index (κ1) is 17.7. The summed E-state index contributed by atoms with van der Waals surface area (Å²) in [6.45, 7) is 5.95. The number of carbonyl (C=O) groups excluding carboxylic acids is 1. The predicted octanol–water partition coefficient (Wildman–Crippen LogP) is 5.16. The quantitative estimate of drug-likeness (QED) is 0.706. The molecule has 0 saturated carbocycles. The summed E-state index contributed by atoms with van der Waals surface area (Å²) in [7, 11) is 0. The highest BCUT2D eigenvalue weighted by molar-refractivity contribution is 6.02. The molecule has 134 valence electrons. The predicted molar refractivity (Wildman–Crippen MR) is 102 cm³/mol. The van der Waals surface area contributed by atoms with Gasteiger partial charge in [-0.25, -0.2) is 4.79 Å². The lowest BCUT2D eigenvalue weighted by molar-refractivity contribution is 0.0636. The molecule has 1 N–H and O–H groups in total. The lowest BCUT2D eigenvalue weighted by Gasteiger charge is -2.20. The SMILES string of the molecule is CC(C)(C)OC(=O)Nc1ccc(OCc2ccncc2)c2ccccc12. The topological polar surface area (TPSA) is 60.5 Å². The Morgan fingerprint density at radius 2 is 1.69 bits per heavy atom. The van der Waals surface area contributed by atoms with Crippen LogP contribution in [0.1, 0.15) is 26.3 Å². The molecule has 5 nitrogen and oxygen atoms in total. The molecule has 3 aromatic rings. The van der Waals surface area contributed by atoms with Gasteiger partial charge in [0.05, 0.1) is 5.69 Å². The van der Waals surface area contributed by atoms with Gasteiger partial charge in [0.15, 0.2) is 0 Å². The Bertz CT molecular complexity index is 902. The van der Waals surface area contributed by atoms with Gasteiger partial charge in [-0.3, -0.25) is 10.3 Å². The Morgan fingerprint density at radius 3 is 2.38 bits per heavy atom. The highest BCUT2D eigenvalue weighted by Crippen LogP contribution is 2.32. The minimum Gasteiger partial charge on any atom is -0.488 e. The molecular weight excluding hydrogens is 328 g/mol. The van der Waals surface area contributed by atoms with Crippen LogP contribution < -0.4 is 10.1 Å². The van der Waals surface area contributed by atoms with Gasteiger partial charge in [-0.15, -0.1) is 0 Å². The second-order valence-corrected chi connectivity index (χ2v) is 6.93. The van der Waals surface area contributed by atoms with Crippen LogP contribution in [-0.2, 0) is 11.3 Å². The van der Waals surface area contributed by atoms with Crippen LogP contribution in [0.2, 0.25) is 0 Å². The van der Waals surface area contributed by atoms with Crippen molar-refractivity contribution in [3.8, 4) is 5.75 Å². The lowest BCUT2D eigenvalue weighted by Crippen LogP contribution is -2.27. The van der Waals surface area contributed by atoms with Crippen molar-refractivity contribution in [3.05, 3.63) is 66.5 Å². The maximum Gasteiger partial charge on any atom is 0.412 e. The number of anilines is 1. The molecule has 0 spiro atoms. The standard InChI is InChI=1S/C21H22N2O3/c1-21(2,3)26-20(24)23-18-8-9-19(17-7-5-4-6-16(17)18)25-14-15-10-12-22-13-11-15/h4-13H,14H2,1-3H3,(H,23,24). The number of nitrogens with one attached hydrogen (secondary N) is 1. The Hall–Kier alpha value is -3.08. The van der Waals surface area contributed by atoms with E-state index in [0.717, 1.165) is 22.1 Å². The molecule has 0 radical (unpaired) electrons. The molecule has 0 atom stereocenters. The van der Waals surface area contributed by atoms with E-state index >= 15 is 0 Å². The van der Waals surface area contributed by atoms with Gasteiger partial charge in [-0.1, -0.05) is 24.3 Å². The van der Waals surface area contributed by atoms with Crippen molar-refractivity contribution in [1.29, 1.82) is 0 Å². The first-order chi connectivity index (χ1) is 12.4. The Balaban J connectivity index is 1.83. The third-order valence-electron chi connectivity index (χ3n) is 3.66. The Labute approximate surface area is 153 Å². The van der Waals surface area contributed by atoms with Crippen molar-refractivity contribution in [2.45, 2.75) is 33.0 Å². The summed E-state index contributed by atoms with van der Waals surface area (Å²) in [6.07, 6.45) is 3.00. The highest BCUT2D eigenvalue weighted by Gasteiger charge is 2.17. The van der Waals surface area contributed by atoms with E-state index in [2.05, 4.69) is 10.3 Å². The summed E-state index contributed by atoms with van der Waals surface area (Å²) in [5.74, 6) is 0.757. The number of hydrogen-bond donors (Lipinski definition) is 1. The number of benzene rings is 2. The molecule has 0 unspecified atom stereocenters. The van der Waals surface area contributed by atoms with Crippen LogP contribution in [0.4, 0.5) is 10.5 Å². The fourth-order valence-corrected chi connectivity index (χ4v) is 2.56. The van der Waals surface area contributed by atoms with Crippen LogP contribution >= 0.6 is 0 Å². The smallest absolute Gasteiger partial charge is 0.412 e. The number of hydrogen-bond acceptors (Lipinski definition) is 4. The third kappa shape index (κ3) is 4.51. The van der Waals surface area contributed by atoms with Crippen molar-refractivity contribution in [2.75, 3.05) is 5.32 Å². The number of nitrogens with zero attached hydrogens (tertiary/aromatic N) is 1. The first-order valence-electron chi connectivity index (χ1n) is 8.46. The van der Waals surface area contributed by atoms with Crippen molar-refractivity contribution < 1.29 is 14.3 Å². The molecule has 3 rings (SSSR count).